The number of benzene rings is 2. The molecule has 1 aliphatic heterocycles. The molecule has 1 fully saturated rings. The molecular weight excluding hydrogens is 342 g/mol. The first-order valence-corrected chi connectivity index (χ1v) is 9.08. The van der Waals surface area contributed by atoms with Gasteiger partial charge in [-0.05, 0) is 23.3 Å². The molecule has 5 heteroatoms. The second-order valence-corrected chi connectivity index (χ2v) is 7.18. The van der Waals surface area contributed by atoms with E-state index in [0.717, 1.165) is 10.5 Å². The van der Waals surface area contributed by atoms with Crippen molar-refractivity contribution in [2.24, 2.45) is 0 Å². The number of amides is 2. The van der Waals surface area contributed by atoms with E-state index in [9.17, 15) is 14.4 Å². The molecule has 0 spiro atoms. The van der Waals surface area contributed by atoms with Gasteiger partial charge in [-0.1, -0.05) is 56.3 Å². The molecule has 0 aromatic heterocycles. The van der Waals surface area contributed by atoms with E-state index in [0.29, 0.717) is 5.75 Å². The van der Waals surface area contributed by atoms with E-state index in [1.807, 2.05) is 30.3 Å². The molecule has 3 rings (SSSR count). The average Bonchev–Trinajstić information content (AvgIpc) is 2.99. The Balaban J connectivity index is 1.60. The Hall–Kier alpha value is -2.95. The van der Waals surface area contributed by atoms with Gasteiger partial charge in [0.05, 0.1) is 6.42 Å². The summed E-state index contributed by atoms with van der Waals surface area (Å²) in [5.41, 5.74) is 2.15. The van der Waals surface area contributed by atoms with Gasteiger partial charge in [0.1, 0.15) is 5.75 Å². The van der Waals surface area contributed by atoms with E-state index < -0.39 is 5.97 Å². The number of carbonyl (C=O) groups excluding carboxylic acids is 3. The van der Waals surface area contributed by atoms with Gasteiger partial charge in [-0.2, -0.15) is 0 Å². The largest absolute Gasteiger partial charge is 0.426 e. The lowest BCUT2D eigenvalue weighted by atomic mass is 9.78. The molecule has 5 nitrogen and oxygen atoms in total. The Labute approximate surface area is 158 Å². The molecule has 1 heterocycles. The fourth-order valence-electron chi connectivity index (χ4n) is 3.22. The molecule has 0 N–H and O–H groups in total. The number of hydrogen-bond acceptors (Lipinski definition) is 4. The van der Waals surface area contributed by atoms with Crippen molar-refractivity contribution in [3.63, 3.8) is 0 Å². The number of esters is 1. The van der Waals surface area contributed by atoms with Gasteiger partial charge in [0.25, 0.3) is 0 Å². The molecule has 140 valence electrons. The molecular formula is C22H23NO4. The molecule has 2 aromatic carbocycles. The van der Waals surface area contributed by atoms with Gasteiger partial charge in [-0.3, -0.25) is 19.3 Å². The molecule has 2 amide bonds. The van der Waals surface area contributed by atoms with Crippen molar-refractivity contribution in [2.45, 2.75) is 38.5 Å². The minimum atomic E-state index is -0.461. The van der Waals surface area contributed by atoms with Gasteiger partial charge in [0, 0.05) is 24.8 Å². The zero-order valence-corrected chi connectivity index (χ0v) is 15.6. The average molecular weight is 365 g/mol. The van der Waals surface area contributed by atoms with Crippen LogP contribution < -0.4 is 4.74 Å². The summed E-state index contributed by atoms with van der Waals surface area (Å²) in [6.07, 6.45) is 0.452. The number of nitrogens with zero attached hydrogens (tertiary/aromatic N) is 1. The van der Waals surface area contributed by atoms with Crippen LogP contribution in [0.15, 0.2) is 54.6 Å². The lowest BCUT2D eigenvalue weighted by Gasteiger charge is -2.26. The van der Waals surface area contributed by atoms with Gasteiger partial charge in [-0.25, -0.2) is 0 Å². The smallest absolute Gasteiger partial charge is 0.312 e. The summed E-state index contributed by atoms with van der Waals surface area (Å²) in [5, 5.41) is 0. The van der Waals surface area contributed by atoms with E-state index in [-0.39, 0.29) is 43.0 Å². The zero-order chi connectivity index (χ0) is 19.4. The Morgan fingerprint density at radius 1 is 0.926 bits per heavy atom. The molecule has 0 atom stereocenters. The SMILES string of the molecule is CC(C)(c1ccccc1)c1ccc(OC(=O)CCN2C(=O)CCC2=O)cc1. The topological polar surface area (TPSA) is 63.7 Å². The normalized spacial score (nSPS) is 14.5. The van der Waals surface area contributed by atoms with Crippen molar-refractivity contribution < 1.29 is 19.1 Å². The highest BCUT2D eigenvalue weighted by molar-refractivity contribution is 6.02. The summed E-state index contributed by atoms with van der Waals surface area (Å²) in [6.45, 7) is 4.37. The van der Waals surface area contributed by atoms with Crippen LogP contribution in [-0.2, 0) is 19.8 Å². The maximum atomic E-state index is 12.0. The fraction of sp³-hybridized carbons (Fsp3) is 0.318. The van der Waals surface area contributed by atoms with Crippen molar-refractivity contribution in [2.75, 3.05) is 6.54 Å². The number of hydrogen-bond donors (Lipinski definition) is 0. The number of likely N-dealkylation sites (tertiary alicyclic amines) is 1. The van der Waals surface area contributed by atoms with Crippen LogP contribution in [0, 0.1) is 0 Å². The van der Waals surface area contributed by atoms with Crippen molar-refractivity contribution in [3.05, 3.63) is 65.7 Å². The summed E-state index contributed by atoms with van der Waals surface area (Å²) in [4.78, 5) is 36.3. The molecule has 1 saturated heterocycles. The van der Waals surface area contributed by atoms with Crippen molar-refractivity contribution in [1.82, 2.24) is 4.90 Å². The first kappa shape index (κ1) is 18.8. The Morgan fingerprint density at radius 2 is 1.48 bits per heavy atom. The van der Waals surface area contributed by atoms with Crippen LogP contribution in [0.5, 0.6) is 5.75 Å². The molecule has 0 radical (unpaired) electrons. The third-order valence-corrected chi connectivity index (χ3v) is 5.00. The number of ether oxygens (including phenoxy) is 1. The van der Waals surface area contributed by atoms with Gasteiger partial charge >= 0.3 is 5.97 Å². The van der Waals surface area contributed by atoms with E-state index >= 15 is 0 Å². The molecule has 0 unspecified atom stereocenters. The first-order chi connectivity index (χ1) is 12.9. The minimum Gasteiger partial charge on any atom is -0.426 e. The van der Waals surface area contributed by atoms with Gasteiger partial charge < -0.3 is 4.74 Å². The summed E-state index contributed by atoms with van der Waals surface area (Å²) in [5.74, 6) is -0.454. The molecule has 0 bridgehead atoms. The third kappa shape index (κ3) is 4.25. The fourth-order valence-corrected chi connectivity index (χ4v) is 3.22. The number of imide groups is 1. The monoisotopic (exact) mass is 365 g/mol. The van der Waals surface area contributed by atoms with Gasteiger partial charge in [0.2, 0.25) is 11.8 Å². The van der Waals surface area contributed by atoms with Gasteiger partial charge in [0.15, 0.2) is 0 Å². The van der Waals surface area contributed by atoms with E-state index in [1.165, 1.54) is 5.56 Å². The Bertz CT molecular complexity index is 824. The molecule has 2 aromatic rings. The van der Waals surface area contributed by atoms with E-state index in [1.54, 1.807) is 12.1 Å². The summed E-state index contributed by atoms with van der Waals surface area (Å²) < 4.78 is 5.33. The second kappa shape index (κ2) is 7.74. The summed E-state index contributed by atoms with van der Waals surface area (Å²) in [6, 6.07) is 17.6. The van der Waals surface area contributed by atoms with Crippen molar-refractivity contribution >= 4 is 17.8 Å². The number of carbonyl (C=O) groups is 3. The zero-order valence-electron chi connectivity index (χ0n) is 15.6. The Morgan fingerprint density at radius 3 is 2.07 bits per heavy atom. The second-order valence-electron chi connectivity index (χ2n) is 7.18. The molecule has 27 heavy (non-hydrogen) atoms. The highest BCUT2D eigenvalue weighted by Gasteiger charge is 2.29. The lowest BCUT2D eigenvalue weighted by Crippen LogP contribution is -2.31. The molecule has 0 aliphatic carbocycles. The highest BCUT2D eigenvalue weighted by atomic mass is 16.5. The first-order valence-electron chi connectivity index (χ1n) is 9.08. The maximum absolute atomic E-state index is 12.0. The maximum Gasteiger partial charge on any atom is 0.312 e. The van der Waals surface area contributed by atoms with Crippen LogP contribution >= 0.6 is 0 Å². The summed E-state index contributed by atoms with van der Waals surface area (Å²) in [7, 11) is 0. The van der Waals surface area contributed by atoms with Crippen LogP contribution in [0.2, 0.25) is 0 Å². The van der Waals surface area contributed by atoms with Crippen molar-refractivity contribution in [1.29, 1.82) is 0 Å². The van der Waals surface area contributed by atoms with Crippen LogP contribution in [0.4, 0.5) is 0 Å². The number of rotatable bonds is 6. The highest BCUT2D eigenvalue weighted by Crippen LogP contribution is 2.32. The Kier molecular flexibility index (Phi) is 5.40. The standard InChI is InChI=1S/C22H23NO4/c1-22(2,16-6-4-3-5-7-16)17-8-10-18(11-9-17)27-21(26)14-15-23-19(24)12-13-20(23)25/h3-11H,12-15H2,1-2H3. The van der Waals surface area contributed by atoms with Crippen LogP contribution in [-0.4, -0.2) is 29.2 Å². The van der Waals surface area contributed by atoms with E-state index in [2.05, 4.69) is 26.0 Å². The summed E-state index contributed by atoms with van der Waals surface area (Å²) >= 11 is 0. The lowest BCUT2D eigenvalue weighted by molar-refractivity contribution is -0.140. The van der Waals surface area contributed by atoms with Gasteiger partial charge in [-0.15, -0.1) is 0 Å². The van der Waals surface area contributed by atoms with Crippen LogP contribution in [0.25, 0.3) is 0 Å². The van der Waals surface area contributed by atoms with E-state index in [4.69, 9.17) is 4.74 Å². The molecule has 1 aliphatic rings. The van der Waals surface area contributed by atoms with Crippen LogP contribution in [0.1, 0.15) is 44.2 Å². The molecule has 0 saturated carbocycles. The predicted octanol–water partition coefficient (Wildman–Crippen LogP) is 3.46. The third-order valence-electron chi connectivity index (χ3n) is 5.00. The quantitative estimate of drug-likeness (QED) is 0.447. The van der Waals surface area contributed by atoms with Crippen LogP contribution in [0.3, 0.4) is 0 Å². The van der Waals surface area contributed by atoms with Crippen molar-refractivity contribution in [3.8, 4) is 5.75 Å². The minimum absolute atomic E-state index is 0.00522. The predicted molar refractivity (Wildman–Crippen MR) is 101 cm³/mol.